The highest BCUT2D eigenvalue weighted by Gasteiger charge is 2.37. The number of amides is 3. The number of carbonyl (C=O) groups excluding carboxylic acids is 3. The highest BCUT2D eigenvalue weighted by molar-refractivity contribution is 6.74. The summed E-state index contributed by atoms with van der Waals surface area (Å²) < 4.78 is 16.8. The second kappa shape index (κ2) is 21.9. The van der Waals surface area contributed by atoms with Crippen LogP contribution in [-0.2, 0) is 23.5 Å². The fourth-order valence-corrected chi connectivity index (χ4v) is 5.05. The van der Waals surface area contributed by atoms with E-state index in [-0.39, 0.29) is 11.0 Å². The number of carbonyl (C=O) groups is 3. The first kappa shape index (κ1) is 45.9. The fraction of sp³-hybridized carbons (Fsp3) is 0.595. The SMILES string of the molecule is CO/C(=C/CC(O)C(C)/C=C(C)/C=C\C=C/C(=O)NC(C(=O)N/C=C\CC(C/C=C(\C)Cl)OC(N)=O)C(C)(C)C)CO[Si](C)(C)C(C)(C)C. The number of nitrogens with two attached hydrogens (primary N) is 1. The smallest absolute Gasteiger partial charge is 0.404 e. The number of aliphatic hydroxyl groups is 1. The van der Waals surface area contributed by atoms with Crippen molar-refractivity contribution in [3.05, 3.63) is 71.2 Å². The van der Waals surface area contributed by atoms with Crippen molar-refractivity contribution in [2.75, 3.05) is 13.7 Å². The molecule has 0 radical (unpaired) electrons. The van der Waals surface area contributed by atoms with E-state index in [4.69, 9.17) is 31.2 Å². The molecule has 4 atom stereocenters. The van der Waals surface area contributed by atoms with Crippen molar-refractivity contribution in [2.45, 2.75) is 118 Å². The minimum Gasteiger partial charge on any atom is -0.499 e. The number of allylic oxidation sites excluding steroid dienone is 5. The van der Waals surface area contributed by atoms with Gasteiger partial charge in [-0.15, -0.1) is 0 Å². The lowest BCUT2D eigenvalue weighted by Crippen LogP contribution is -2.52. The maximum absolute atomic E-state index is 13.0. The maximum atomic E-state index is 13.0. The summed E-state index contributed by atoms with van der Waals surface area (Å²) in [5.41, 5.74) is 5.49. The monoisotopic (exact) mass is 723 g/mol. The molecule has 0 spiro atoms. The first-order valence-electron chi connectivity index (χ1n) is 16.6. The maximum Gasteiger partial charge on any atom is 0.404 e. The summed E-state index contributed by atoms with van der Waals surface area (Å²) in [5.74, 6) is -0.242. The Morgan fingerprint density at radius 2 is 1.59 bits per heavy atom. The summed E-state index contributed by atoms with van der Waals surface area (Å²) in [5, 5.41) is 16.8. The van der Waals surface area contributed by atoms with Gasteiger partial charge in [0.15, 0.2) is 8.32 Å². The number of aliphatic hydroxyl groups excluding tert-OH is 1. The average molecular weight is 724 g/mol. The summed E-state index contributed by atoms with van der Waals surface area (Å²) in [6.07, 6.45) is 14.2. The molecule has 4 unspecified atom stereocenters. The molecule has 5 N–H and O–H groups in total. The Labute approximate surface area is 301 Å². The average Bonchev–Trinajstić information content (AvgIpc) is 2.97. The molecular weight excluding hydrogens is 662 g/mol. The van der Waals surface area contributed by atoms with E-state index in [1.807, 2.05) is 52.8 Å². The molecule has 0 aliphatic carbocycles. The van der Waals surface area contributed by atoms with Gasteiger partial charge in [0.25, 0.3) is 0 Å². The van der Waals surface area contributed by atoms with Crippen LogP contribution in [0, 0.1) is 11.3 Å². The van der Waals surface area contributed by atoms with Gasteiger partial charge in [0.2, 0.25) is 11.8 Å². The topological polar surface area (TPSA) is 149 Å². The molecule has 0 saturated heterocycles. The lowest BCUT2D eigenvalue weighted by Gasteiger charge is -2.36. The lowest BCUT2D eigenvalue weighted by molar-refractivity contribution is -0.129. The number of methoxy groups -OCH3 is 1. The van der Waals surface area contributed by atoms with Crippen molar-refractivity contribution < 1.29 is 33.4 Å². The van der Waals surface area contributed by atoms with Gasteiger partial charge in [-0.25, -0.2) is 4.79 Å². The first-order chi connectivity index (χ1) is 22.5. The Morgan fingerprint density at radius 1 is 0.980 bits per heavy atom. The molecule has 12 heteroatoms. The molecule has 0 fully saturated rings. The Morgan fingerprint density at radius 3 is 2.12 bits per heavy atom. The van der Waals surface area contributed by atoms with Gasteiger partial charge in [-0.1, -0.05) is 102 Å². The van der Waals surface area contributed by atoms with Crippen LogP contribution < -0.4 is 16.4 Å². The summed E-state index contributed by atoms with van der Waals surface area (Å²) in [4.78, 5) is 36.8. The van der Waals surface area contributed by atoms with E-state index in [1.54, 1.807) is 38.3 Å². The predicted molar refractivity (Wildman–Crippen MR) is 202 cm³/mol. The van der Waals surface area contributed by atoms with Gasteiger partial charge in [-0.2, -0.15) is 0 Å². The number of hydrogen-bond donors (Lipinski definition) is 4. The Bertz CT molecular complexity index is 1250. The Balaban J connectivity index is 5.17. The fourth-order valence-electron chi connectivity index (χ4n) is 4.03. The second-order valence-corrected chi connectivity index (χ2v) is 20.2. The minimum atomic E-state index is -1.92. The van der Waals surface area contributed by atoms with Crippen molar-refractivity contribution in [3.63, 3.8) is 0 Å². The van der Waals surface area contributed by atoms with E-state index < -0.39 is 49.9 Å². The minimum absolute atomic E-state index is 0.0954. The molecule has 10 nitrogen and oxygen atoms in total. The van der Waals surface area contributed by atoms with Crippen molar-refractivity contribution in [1.29, 1.82) is 0 Å². The molecule has 0 aromatic rings. The molecule has 0 rings (SSSR count). The Hall–Kier alpha value is -3.12. The standard InChI is InChI=1S/C37H62ClN3O7Si/c1-26(24-27(2)31(42)22-21-30(46-10)25-47-49(11,12)37(7,8)9)16-13-14-18-32(43)41-33(36(4,5)6)34(44)40-23-15-17-29(48-35(39)45)20-19-28(3)38/h13-16,18-19,21,23-24,27,29,31,33,42H,17,20,22,25H2,1-12H3,(H2,39,45)(H,40,44)(H,41,43)/b16-13-,18-14-,23-15-,26-24+,28-19+,30-21+. The van der Waals surface area contributed by atoms with Gasteiger partial charge in [-0.05, 0) is 56.1 Å². The number of hydrogen-bond acceptors (Lipinski definition) is 7. The van der Waals surface area contributed by atoms with Gasteiger partial charge < -0.3 is 35.4 Å². The van der Waals surface area contributed by atoms with Gasteiger partial charge in [0, 0.05) is 29.9 Å². The van der Waals surface area contributed by atoms with Crippen LogP contribution in [-0.4, -0.2) is 63.3 Å². The molecule has 0 aromatic carbocycles. The highest BCUT2D eigenvalue weighted by Crippen LogP contribution is 2.36. The number of nitrogens with one attached hydrogen (secondary N) is 2. The van der Waals surface area contributed by atoms with Crippen LogP contribution >= 0.6 is 11.6 Å². The first-order valence-corrected chi connectivity index (χ1v) is 19.9. The van der Waals surface area contributed by atoms with Crippen LogP contribution in [0.3, 0.4) is 0 Å². The molecule has 0 saturated carbocycles. The van der Waals surface area contributed by atoms with Crippen LogP contribution in [0.1, 0.15) is 81.6 Å². The second-order valence-electron chi connectivity index (χ2n) is 14.8. The third kappa shape index (κ3) is 20.2. The normalized spacial score (nSPS) is 16.5. The Kier molecular flexibility index (Phi) is 20.5. The van der Waals surface area contributed by atoms with Crippen molar-refractivity contribution in [3.8, 4) is 0 Å². The molecule has 49 heavy (non-hydrogen) atoms. The molecular formula is C37H62ClN3O7Si. The van der Waals surface area contributed by atoms with Crippen molar-refractivity contribution >= 4 is 37.8 Å². The van der Waals surface area contributed by atoms with Gasteiger partial charge in [0.05, 0.1) is 19.8 Å². The van der Waals surface area contributed by atoms with Crippen LogP contribution in [0.25, 0.3) is 0 Å². The number of rotatable bonds is 19. The molecule has 0 aliphatic heterocycles. The summed E-state index contributed by atoms with van der Waals surface area (Å²) in [7, 11) is -0.304. The van der Waals surface area contributed by atoms with Crippen molar-refractivity contribution in [2.24, 2.45) is 17.1 Å². The zero-order valence-corrected chi connectivity index (χ0v) is 33.4. The van der Waals surface area contributed by atoms with Gasteiger partial charge in [-0.3, -0.25) is 9.59 Å². The summed E-state index contributed by atoms with van der Waals surface area (Å²) >= 11 is 5.86. The van der Waals surface area contributed by atoms with E-state index in [0.717, 1.165) is 5.57 Å². The largest absolute Gasteiger partial charge is 0.499 e. The van der Waals surface area contributed by atoms with Gasteiger partial charge >= 0.3 is 6.09 Å². The lowest BCUT2D eigenvalue weighted by atomic mass is 9.86. The third-order valence-electron chi connectivity index (χ3n) is 8.18. The molecule has 0 aromatic heterocycles. The summed E-state index contributed by atoms with van der Waals surface area (Å²) in [6, 6.07) is -0.826. The molecule has 0 bridgehead atoms. The van der Waals surface area contributed by atoms with E-state index >= 15 is 0 Å². The molecule has 0 heterocycles. The van der Waals surface area contributed by atoms with Crippen LogP contribution in [0.15, 0.2) is 71.2 Å². The van der Waals surface area contributed by atoms with Crippen molar-refractivity contribution in [1.82, 2.24) is 10.6 Å². The van der Waals surface area contributed by atoms with Crippen LogP contribution in [0.4, 0.5) is 4.79 Å². The zero-order valence-electron chi connectivity index (χ0n) is 31.7. The van der Waals surface area contributed by atoms with Crippen LogP contribution in [0.5, 0.6) is 0 Å². The molecule has 0 aliphatic rings. The molecule has 278 valence electrons. The van der Waals surface area contributed by atoms with Crippen LogP contribution in [0.2, 0.25) is 18.1 Å². The summed E-state index contributed by atoms with van der Waals surface area (Å²) in [6.45, 7) is 22.4. The quantitative estimate of drug-likeness (QED) is 0.0466. The molecule has 3 amide bonds. The number of halogens is 1. The van der Waals surface area contributed by atoms with E-state index in [1.165, 1.54) is 12.3 Å². The van der Waals surface area contributed by atoms with E-state index in [2.05, 4.69) is 44.5 Å². The zero-order chi connectivity index (χ0) is 38.0. The third-order valence-corrected chi connectivity index (χ3v) is 12.8. The number of ether oxygens (including phenoxy) is 2. The van der Waals surface area contributed by atoms with E-state index in [0.29, 0.717) is 36.7 Å². The number of primary amides is 1. The predicted octanol–water partition coefficient (Wildman–Crippen LogP) is 7.53. The highest BCUT2D eigenvalue weighted by atomic mass is 35.5. The van der Waals surface area contributed by atoms with E-state index in [9.17, 15) is 19.5 Å². The van der Waals surface area contributed by atoms with Gasteiger partial charge in [0.1, 0.15) is 17.9 Å².